The Morgan fingerprint density at radius 1 is 1.15 bits per heavy atom. The van der Waals surface area contributed by atoms with Gasteiger partial charge >= 0.3 is 0 Å². The van der Waals surface area contributed by atoms with Gasteiger partial charge in [-0.1, -0.05) is 18.2 Å². The van der Waals surface area contributed by atoms with Gasteiger partial charge in [-0.25, -0.2) is 19.9 Å². The molecular weight excluding hydrogens is 456 g/mol. The number of aryl methyl sites for hydroxylation is 2. The van der Waals surface area contributed by atoms with Crippen molar-refractivity contribution in [3.8, 4) is 22.0 Å². The number of likely N-dealkylation sites (tertiary alicyclic amines) is 1. The first kappa shape index (κ1) is 21.6. The van der Waals surface area contributed by atoms with Gasteiger partial charge in [-0.05, 0) is 31.5 Å². The second-order valence-electron chi connectivity index (χ2n) is 8.01. The standard InChI is InChI=1S/C23H22N6O2S2/c1-13-14(2)33-22(25-13)28-21-24-9-7-17(27-21)18-12-32-19(26-18)15-5-4-6-16(11-15)23(31)8-10-29(3)20(23)30/h4-7,9,11-12,31H,8,10H2,1-3H3,(H,24,25,27,28)/t23-/m1/s1. The third-order valence-corrected chi connectivity index (χ3v) is 7.65. The Morgan fingerprint density at radius 2 is 2.00 bits per heavy atom. The maximum Gasteiger partial charge on any atom is 0.258 e. The van der Waals surface area contributed by atoms with Gasteiger partial charge in [0.1, 0.15) is 10.7 Å². The summed E-state index contributed by atoms with van der Waals surface area (Å²) in [6, 6.07) is 9.23. The smallest absolute Gasteiger partial charge is 0.258 e. The predicted molar refractivity (Wildman–Crippen MR) is 130 cm³/mol. The van der Waals surface area contributed by atoms with Crippen LogP contribution in [0, 0.1) is 13.8 Å². The van der Waals surface area contributed by atoms with Gasteiger partial charge in [-0.15, -0.1) is 22.7 Å². The molecule has 0 unspecified atom stereocenters. The molecule has 8 nitrogen and oxygen atoms in total. The van der Waals surface area contributed by atoms with Gasteiger partial charge in [-0.2, -0.15) is 0 Å². The average molecular weight is 479 g/mol. The molecule has 1 atom stereocenters. The highest BCUT2D eigenvalue weighted by Crippen LogP contribution is 2.36. The Hall–Kier alpha value is -3.21. The second kappa shape index (κ2) is 8.29. The fourth-order valence-electron chi connectivity index (χ4n) is 3.74. The zero-order valence-corrected chi connectivity index (χ0v) is 20.0. The van der Waals surface area contributed by atoms with E-state index in [1.165, 1.54) is 11.3 Å². The fraction of sp³-hybridized carbons (Fsp3) is 0.261. The van der Waals surface area contributed by atoms with Gasteiger partial charge in [0.2, 0.25) is 5.95 Å². The molecule has 0 spiro atoms. The van der Waals surface area contributed by atoms with E-state index in [0.29, 0.717) is 30.2 Å². The van der Waals surface area contributed by atoms with E-state index in [9.17, 15) is 9.90 Å². The van der Waals surface area contributed by atoms with Crippen LogP contribution in [0.15, 0.2) is 41.9 Å². The molecule has 1 saturated heterocycles. The fourth-order valence-corrected chi connectivity index (χ4v) is 5.36. The summed E-state index contributed by atoms with van der Waals surface area (Å²) < 4.78 is 0. The van der Waals surface area contributed by atoms with Gasteiger partial charge in [0.05, 0.1) is 11.4 Å². The summed E-state index contributed by atoms with van der Waals surface area (Å²) in [5, 5.41) is 17.6. The number of carbonyl (C=O) groups is 1. The van der Waals surface area contributed by atoms with Crippen LogP contribution in [0.4, 0.5) is 11.1 Å². The number of rotatable bonds is 5. The highest BCUT2D eigenvalue weighted by molar-refractivity contribution is 7.15. The molecule has 168 valence electrons. The molecule has 1 amide bonds. The Balaban J connectivity index is 1.41. The zero-order chi connectivity index (χ0) is 23.2. The number of amides is 1. The minimum Gasteiger partial charge on any atom is -0.375 e. The first-order valence-electron chi connectivity index (χ1n) is 10.4. The monoisotopic (exact) mass is 478 g/mol. The Morgan fingerprint density at radius 3 is 2.73 bits per heavy atom. The van der Waals surface area contributed by atoms with E-state index in [1.807, 2.05) is 43.5 Å². The van der Waals surface area contributed by atoms with E-state index in [0.717, 1.165) is 32.0 Å². The third-order valence-electron chi connectivity index (χ3n) is 5.77. The van der Waals surface area contributed by atoms with Crippen molar-refractivity contribution in [2.24, 2.45) is 0 Å². The molecule has 0 aliphatic carbocycles. The van der Waals surface area contributed by atoms with Crippen molar-refractivity contribution in [1.29, 1.82) is 0 Å². The maximum absolute atomic E-state index is 12.5. The molecule has 10 heteroatoms. The number of aliphatic hydroxyl groups is 1. The first-order chi connectivity index (χ1) is 15.8. The van der Waals surface area contributed by atoms with Crippen molar-refractivity contribution in [3.05, 3.63) is 58.0 Å². The van der Waals surface area contributed by atoms with Crippen LogP contribution in [0.2, 0.25) is 0 Å². The molecule has 4 heterocycles. The Kier molecular flexibility index (Phi) is 5.43. The lowest BCUT2D eigenvalue weighted by molar-refractivity contribution is -0.143. The highest BCUT2D eigenvalue weighted by atomic mass is 32.1. The van der Waals surface area contributed by atoms with E-state index >= 15 is 0 Å². The van der Waals surface area contributed by atoms with Crippen molar-refractivity contribution in [2.75, 3.05) is 18.9 Å². The van der Waals surface area contributed by atoms with Gasteiger partial charge < -0.3 is 15.3 Å². The van der Waals surface area contributed by atoms with Crippen LogP contribution in [-0.4, -0.2) is 49.4 Å². The molecule has 5 rings (SSSR count). The largest absolute Gasteiger partial charge is 0.375 e. The van der Waals surface area contributed by atoms with Crippen molar-refractivity contribution < 1.29 is 9.90 Å². The van der Waals surface area contributed by atoms with Crippen LogP contribution in [0.5, 0.6) is 0 Å². The lowest BCUT2D eigenvalue weighted by Gasteiger charge is -2.21. The van der Waals surface area contributed by atoms with E-state index in [-0.39, 0.29) is 5.91 Å². The number of anilines is 2. The summed E-state index contributed by atoms with van der Waals surface area (Å²) in [5.41, 5.74) is 2.37. The van der Waals surface area contributed by atoms with Crippen LogP contribution in [0.25, 0.3) is 22.0 Å². The molecule has 1 aliphatic heterocycles. The van der Waals surface area contributed by atoms with Crippen LogP contribution in [0.3, 0.4) is 0 Å². The number of nitrogens with one attached hydrogen (secondary N) is 1. The van der Waals surface area contributed by atoms with Gasteiger partial charge in [0.15, 0.2) is 10.7 Å². The number of aromatic nitrogens is 4. The van der Waals surface area contributed by atoms with E-state index in [4.69, 9.17) is 4.98 Å². The number of nitrogens with zero attached hydrogens (tertiary/aromatic N) is 5. The molecule has 1 aromatic carbocycles. The number of benzene rings is 1. The topological polar surface area (TPSA) is 104 Å². The summed E-state index contributed by atoms with van der Waals surface area (Å²) in [7, 11) is 1.71. The molecule has 1 aliphatic rings. The van der Waals surface area contributed by atoms with Crippen LogP contribution in [-0.2, 0) is 10.4 Å². The summed E-state index contributed by atoms with van der Waals surface area (Å²) >= 11 is 3.05. The van der Waals surface area contributed by atoms with Crippen LogP contribution >= 0.6 is 22.7 Å². The minimum absolute atomic E-state index is 0.272. The maximum atomic E-state index is 12.5. The number of thiazole rings is 2. The van der Waals surface area contributed by atoms with E-state index in [1.54, 1.807) is 35.5 Å². The SMILES string of the molecule is Cc1nc(Nc2nccc(-c3csc(-c4cccc([C@]5(O)CCN(C)C5=O)c4)n3)n2)sc1C. The summed E-state index contributed by atoms with van der Waals surface area (Å²) in [5.74, 6) is 0.190. The zero-order valence-electron chi connectivity index (χ0n) is 18.4. The quantitative estimate of drug-likeness (QED) is 0.444. The van der Waals surface area contributed by atoms with Crippen LogP contribution < -0.4 is 5.32 Å². The molecule has 1 fully saturated rings. The van der Waals surface area contributed by atoms with Crippen molar-refractivity contribution >= 4 is 39.7 Å². The number of hydrogen-bond acceptors (Lipinski definition) is 9. The molecule has 0 saturated carbocycles. The van der Waals surface area contributed by atoms with E-state index in [2.05, 4.69) is 20.3 Å². The van der Waals surface area contributed by atoms with Crippen molar-refractivity contribution in [1.82, 2.24) is 24.8 Å². The summed E-state index contributed by atoms with van der Waals surface area (Å²) in [6.07, 6.45) is 2.07. The van der Waals surface area contributed by atoms with Gasteiger partial charge in [0.25, 0.3) is 5.91 Å². The Labute approximate surface area is 199 Å². The molecule has 4 aromatic rings. The summed E-state index contributed by atoms with van der Waals surface area (Å²) in [6.45, 7) is 4.53. The van der Waals surface area contributed by atoms with Crippen LogP contribution in [0.1, 0.15) is 22.6 Å². The predicted octanol–water partition coefficient (Wildman–Crippen LogP) is 4.13. The van der Waals surface area contributed by atoms with Gasteiger partial charge in [-0.3, -0.25) is 4.79 Å². The molecule has 0 bridgehead atoms. The highest BCUT2D eigenvalue weighted by Gasteiger charge is 2.45. The second-order valence-corrected chi connectivity index (χ2v) is 10.1. The lowest BCUT2D eigenvalue weighted by Crippen LogP contribution is -2.36. The molecular formula is C23H22N6O2S2. The molecule has 3 aromatic heterocycles. The molecule has 2 N–H and O–H groups in total. The normalized spacial score (nSPS) is 18.2. The average Bonchev–Trinajstić information content (AvgIpc) is 3.50. The van der Waals surface area contributed by atoms with Crippen molar-refractivity contribution in [2.45, 2.75) is 25.9 Å². The number of likely N-dealkylation sites (N-methyl/N-ethyl adjacent to an activating group) is 1. The Bertz CT molecular complexity index is 1330. The van der Waals surface area contributed by atoms with E-state index < -0.39 is 5.60 Å². The van der Waals surface area contributed by atoms with Gasteiger partial charge in [0, 0.05) is 42.0 Å². The number of carbonyl (C=O) groups excluding carboxylic acids is 1. The molecule has 33 heavy (non-hydrogen) atoms. The summed E-state index contributed by atoms with van der Waals surface area (Å²) in [4.78, 5) is 33.3. The molecule has 0 radical (unpaired) electrons. The first-order valence-corrected chi connectivity index (χ1v) is 12.1. The number of hydrogen-bond donors (Lipinski definition) is 2. The lowest BCUT2D eigenvalue weighted by atomic mass is 9.91. The van der Waals surface area contributed by atoms with Crippen molar-refractivity contribution in [3.63, 3.8) is 0 Å². The minimum atomic E-state index is -1.48. The third kappa shape index (κ3) is 4.01.